The van der Waals surface area contributed by atoms with Gasteiger partial charge >= 0.3 is 0 Å². The molecule has 0 unspecified atom stereocenters. The van der Waals surface area contributed by atoms with E-state index in [0.29, 0.717) is 0 Å². The molecule has 4 aromatic rings. The number of hydrogen-bond donors (Lipinski definition) is 1. The molecule has 3 nitrogen and oxygen atoms in total. The second kappa shape index (κ2) is 5.96. The molecular formula is C19H16ClN3S. The van der Waals surface area contributed by atoms with Crippen LogP contribution in [0.15, 0.2) is 54.6 Å². The Kier molecular flexibility index (Phi) is 3.79. The van der Waals surface area contributed by atoms with Gasteiger partial charge in [-0.2, -0.15) is 0 Å². The number of aryl methyl sites for hydroxylation is 2. The van der Waals surface area contributed by atoms with Gasteiger partial charge in [-0.3, -0.25) is 4.40 Å². The number of rotatable bonds is 3. The molecular weight excluding hydrogens is 338 g/mol. The van der Waals surface area contributed by atoms with E-state index in [1.807, 2.05) is 36.4 Å². The average molecular weight is 354 g/mol. The van der Waals surface area contributed by atoms with E-state index >= 15 is 0 Å². The minimum atomic E-state index is 0.764. The molecule has 0 saturated heterocycles. The van der Waals surface area contributed by atoms with Crippen LogP contribution in [0.1, 0.15) is 11.3 Å². The molecule has 0 aliphatic heterocycles. The van der Waals surface area contributed by atoms with E-state index in [1.54, 1.807) is 11.3 Å². The first-order valence-electron chi connectivity index (χ1n) is 7.70. The summed E-state index contributed by atoms with van der Waals surface area (Å²) in [4.78, 5) is 5.89. The number of aromatic nitrogens is 2. The van der Waals surface area contributed by atoms with Crippen molar-refractivity contribution in [1.29, 1.82) is 0 Å². The number of para-hydroxylation sites is 1. The third kappa shape index (κ3) is 2.58. The number of nitrogens with zero attached hydrogens (tertiary/aromatic N) is 2. The van der Waals surface area contributed by atoms with Crippen molar-refractivity contribution >= 4 is 40.1 Å². The molecule has 0 aliphatic carbocycles. The molecule has 0 spiro atoms. The highest BCUT2D eigenvalue weighted by Crippen LogP contribution is 2.37. The van der Waals surface area contributed by atoms with Crippen LogP contribution < -0.4 is 5.32 Å². The van der Waals surface area contributed by atoms with Gasteiger partial charge in [0.25, 0.3) is 0 Å². The van der Waals surface area contributed by atoms with E-state index in [0.717, 1.165) is 37.8 Å². The van der Waals surface area contributed by atoms with E-state index in [4.69, 9.17) is 16.6 Å². The Morgan fingerprint density at radius 2 is 1.83 bits per heavy atom. The van der Waals surface area contributed by atoms with E-state index in [1.165, 1.54) is 5.56 Å². The summed E-state index contributed by atoms with van der Waals surface area (Å²) in [5.74, 6) is 0.968. The molecule has 120 valence electrons. The second-order valence-corrected chi connectivity index (χ2v) is 7.43. The average Bonchev–Trinajstić information content (AvgIpc) is 3.14. The van der Waals surface area contributed by atoms with Crippen LogP contribution >= 0.6 is 22.9 Å². The molecule has 0 atom stereocenters. The molecule has 0 bridgehead atoms. The van der Waals surface area contributed by atoms with Gasteiger partial charge in [-0.1, -0.05) is 35.9 Å². The number of pyridine rings is 1. The highest BCUT2D eigenvalue weighted by atomic mass is 35.5. The summed E-state index contributed by atoms with van der Waals surface area (Å²) < 4.78 is 2.91. The van der Waals surface area contributed by atoms with Gasteiger partial charge in [0.05, 0.1) is 9.21 Å². The Hall–Kier alpha value is -2.30. The molecule has 0 fully saturated rings. The zero-order chi connectivity index (χ0) is 16.7. The normalized spacial score (nSPS) is 11.1. The first-order valence-corrected chi connectivity index (χ1v) is 8.89. The maximum atomic E-state index is 6.14. The summed E-state index contributed by atoms with van der Waals surface area (Å²) in [7, 11) is 0. The van der Waals surface area contributed by atoms with Gasteiger partial charge < -0.3 is 5.32 Å². The molecule has 0 radical (unpaired) electrons. The Morgan fingerprint density at radius 3 is 2.58 bits per heavy atom. The lowest BCUT2D eigenvalue weighted by atomic mass is 10.2. The van der Waals surface area contributed by atoms with Gasteiger partial charge in [0.1, 0.15) is 17.2 Å². The summed E-state index contributed by atoms with van der Waals surface area (Å²) >= 11 is 7.68. The monoisotopic (exact) mass is 353 g/mol. The second-order valence-electron chi connectivity index (χ2n) is 5.71. The van der Waals surface area contributed by atoms with Crippen molar-refractivity contribution in [2.24, 2.45) is 0 Å². The number of nitrogens with one attached hydrogen (secondary N) is 1. The predicted octanol–water partition coefficient (Wildman–Crippen LogP) is 6.08. The number of thiophene rings is 1. The minimum absolute atomic E-state index is 0.764. The lowest BCUT2D eigenvalue weighted by Crippen LogP contribution is -2.00. The van der Waals surface area contributed by atoms with Crippen molar-refractivity contribution in [2.75, 3.05) is 5.32 Å². The number of hydrogen-bond acceptors (Lipinski definition) is 3. The maximum absolute atomic E-state index is 6.14. The zero-order valence-electron chi connectivity index (χ0n) is 13.4. The summed E-state index contributed by atoms with van der Waals surface area (Å²) in [5, 5.41) is 3.58. The lowest BCUT2D eigenvalue weighted by Gasteiger charge is -2.12. The van der Waals surface area contributed by atoms with E-state index in [9.17, 15) is 0 Å². The van der Waals surface area contributed by atoms with Crippen LogP contribution in [0.2, 0.25) is 4.34 Å². The van der Waals surface area contributed by atoms with Crippen molar-refractivity contribution in [3.63, 3.8) is 0 Å². The molecule has 0 amide bonds. The van der Waals surface area contributed by atoms with Gasteiger partial charge in [0, 0.05) is 11.4 Å². The maximum Gasteiger partial charge on any atom is 0.144 e. The van der Waals surface area contributed by atoms with E-state index < -0.39 is 0 Å². The highest BCUT2D eigenvalue weighted by Gasteiger charge is 2.17. The largest absolute Gasteiger partial charge is 0.339 e. The standard InChI is InChI=1S/C19H16ClN3S/c1-12-6-3-4-8-14(12)21-19-18(15-10-11-16(20)24-15)22-17-9-5-7-13(2)23(17)19/h3-11,21H,1-2H3. The highest BCUT2D eigenvalue weighted by molar-refractivity contribution is 7.19. The lowest BCUT2D eigenvalue weighted by molar-refractivity contribution is 1.10. The first-order chi connectivity index (χ1) is 11.6. The summed E-state index contributed by atoms with van der Waals surface area (Å²) in [5.41, 5.74) is 5.24. The third-order valence-electron chi connectivity index (χ3n) is 4.04. The van der Waals surface area contributed by atoms with Crippen LogP contribution in [-0.4, -0.2) is 9.38 Å². The number of halogens is 1. The van der Waals surface area contributed by atoms with Crippen LogP contribution in [0, 0.1) is 13.8 Å². The van der Waals surface area contributed by atoms with Crippen LogP contribution in [0.3, 0.4) is 0 Å². The van der Waals surface area contributed by atoms with E-state index in [2.05, 4.69) is 41.8 Å². The Labute approximate surface area is 149 Å². The number of anilines is 2. The van der Waals surface area contributed by atoms with Crippen LogP contribution in [-0.2, 0) is 0 Å². The zero-order valence-corrected chi connectivity index (χ0v) is 14.9. The fourth-order valence-corrected chi connectivity index (χ4v) is 3.86. The fraction of sp³-hybridized carbons (Fsp3) is 0.105. The first kappa shape index (κ1) is 15.2. The summed E-state index contributed by atoms with van der Waals surface area (Å²) in [6.45, 7) is 4.18. The molecule has 3 heterocycles. The van der Waals surface area contributed by atoms with Crippen molar-refractivity contribution in [3.05, 3.63) is 70.2 Å². The van der Waals surface area contributed by atoms with Crippen LogP contribution in [0.4, 0.5) is 11.5 Å². The SMILES string of the molecule is Cc1ccccc1Nc1c(-c2ccc(Cl)s2)nc2cccc(C)n12. The number of fused-ring (bicyclic) bond motifs is 1. The Bertz CT molecular complexity index is 1030. The van der Waals surface area contributed by atoms with Crippen molar-refractivity contribution in [1.82, 2.24) is 9.38 Å². The fourth-order valence-electron chi connectivity index (χ4n) is 2.82. The number of imidazole rings is 1. The van der Waals surface area contributed by atoms with Crippen molar-refractivity contribution in [3.8, 4) is 10.6 Å². The van der Waals surface area contributed by atoms with Crippen LogP contribution in [0.5, 0.6) is 0 Å². The molecule has 1 aromatic carbocycles. The van der Waals surface area contributed by atoms with Crippen LogP contribution in [0.25, 0.3) is 16.2 Å². The molecule has 0 saturated carbocycles. The van der Waals surface area contributed by atoms with Gasteiger partial charge in [-0.15, -0.1) is 11.3 Å². The Balaban J connectivity index is 1.96. The molecule has 5 heteroatoms. The molecule has 1 N–H and O–H groups in total. The quantitative estimate of drug-likeness (QED) is 0.483. The topological polar surface area (TPSA) is 29.3 Å². The third-order valence-corrected chi connectivity index (χ3v) is 5.28. The molecule has 3 aromatic heterocycles. The molecule has 0 aliphatic rings. The summed E-state index contributed by atoms with van der Waals surface area (Å²) in [6, 6.07) is 18.3. The van der Waals surface area contributed by atoms with E-state index in [-0.39, 0.29) is 0 Å². The molecule has 24 heavy (non-hydrogen) atoms. The van der Waals surface area contributed by atoms with Gasteiger partial charge in [-0.25, -0.2) is 4.98 Å². The van der Waals surface area contributed by atoms with Crippen molar-refractivity contribution in [2.45, 2.75) is 13.8 Å². The minimum Gasteiger partial charge on any atom is -0.339 e. The molecule has 4 rings (SSSR count). The Morgan fingerprint density at radius 1 is 1.00 bits per heavy atom. The van der Waals surface area contributed by atoms with Gasteiger partial charge in [0.2, 0.25) is 0 Å². The predicted molar refractivity (Wildman–Crippen MR) is 103 cm³/mol. The smallest absolute Gasteiger partial charge is 0.144 e. The van der Waals surface area contributed by atoms with Gasteiger partial charge in [0.15, 0.2) is 0 Å². The number of benzene rings is 1. The van der Waals surface area contributed by atoms with Crippen molar-refractivity contribution < 1.29 is 0 Å². The summed E-state index contributed by atoms with van der Waals surface area (Å²) in [6.07, 6.45) is 0. The van der Waals surface area contributed by atoms with Gasteiger partial charge in [-0.05, 0) is 49.7 Å².